The van der Waals surface area contributed by atoms with E-state index in [0.717, 1.165) is 5.56 Å². The number of carboxylic acid groups (broad SMARTS) is 1. The molecule has 0 radical (unpaired) electrons. The Balaban J connectivity index is 2.09. The minimum absolute atomic E-state index is 0.0711. The molecule has 22 heavy (non-hydrogen) atoms. The maximum atomic E-state index is 12.3. The largest absolute Gasteiger partial charge is 0.481 e. The summed E-state index contributed by atoms with van der Waals surface area (Å²) in [6, 6.07) is 9.79. The number of aryl methyl sites for hydroxylation is 2. The normalized spacial score (nSPS) is 10.4. The lowest BCUT2D eigenvalue weighted by molar-refractivity contribution is -0.136. The molecule has 0 amide bonds. The van der Waals surface area contributed by atoms with Gasteiger partial charge in [-0.25, -0.2) is 4.98 Å². The first-order valence-electron chi connectivity index (χ1n) is 6.83. The fourth-order valence-electron chi connectivity index (χ4n) is 1.97. The SMILES string of the molecule is O=C(O)CCNc1nc(Cl)cn(CCc2ccccc2)c1=O. The molecular weight excluding hydrogens is 306 g/mol. The Labute approximate surface area is 132 Å². The molecule has 0 aliphatic carbocycles. The van der Waals surface area contributed by atoms with E-state index in [0.29, 0.717) is 13.0 Å². The molecule has 0 aliphatic heterocycles. The van der Waals surface area contributed by atoms with E-state index in [9.17, 15) is 9.59 Å². The predicted molar refractivity (Wildman–Crippen MR) is 84.4 cm³/mol. The van der Waals surface area contributed by atoms with Crippen molar-refractivity contribution in [3.8, 4) is 0 Å². The van der Waals surface area contributed by atoms with E-state index in [2.05, 4.69) is 10.3 Å². The number of nitrogens with one attached hydrogen (secondary N) is 1. The van der Waals surface area contributed by atoms with E-state index in [1.165, 1.54) is 10.8 Å². The zero-order valence-electron chi connectivity index (χ0n) is 11.8. The summed E-state index contributed by atoms with van der Waals surface area (Å²) in [6.07, 6.45) is 2.07. The molecule has 1 aromatic carbocycles. The quantitative estimate of drug-likeness (QED) is 0.815. The number of benzene rings is 1. The van der Waals surface area contributed by atoms with E-state index in [1.54, 1.807) is 0 Å². The van der Waals surface area contributed by atoms with Gasteiger partial charge in [0, 0.05) is 19.3 Å². The van der Waals surface area contributed by atoms with Crippen molar-refractivity contribution in [3.05, 3.63) is 57.6 Å². The third-order valence-corrected chi connectivity index (χ3v) is 3.24. The Bertz CT molecular complexity index is 701. The van der Waals surface area contributed by atoms with Crippen LogP contribution in [0.3, 0.4) is 0 Å². The summed E-state index contributed by atoms with van der Waals surface area (Å²) in [7, 11) is 0. The highest BCUT2D eigenvalue weighted by Gasteiger charge is 2.08. The molecule has 0 saturated carbocycles. The minimum atomic E-state index is -0.945. The van der Waals surface area contributed by atoms with Crippen LogP contribution in [0.15, 0.2) is 41.3 Å². The summed E-state index contributed by atoms with van der Waals surface area (Å²) in [6.45, 7) is 0.593. The van der Waals surface area contributed by atoms with Gasteiger partial charge in [0.1, 0.15) is 5.15 Å². The Morgan fingerprint density at radius 1 is 1.32 bits per heavy atom. The molecule has 0 fully saturated rings. The van der Waals surface area contributed by atoms with Gasteiger partial charge < -0.3 is 15.0 Å². The lowest BCUT2D eigenvalue weighted by Gasteiger charge is -2.09. The van der Waals surface area contributed by atoms with E-state index in [1.807, 2.05) is 30.3 Å². The molecule has 0 atom stereocenters. The van der Waals surface area contributed by atoms with Gasteiger partial charge in [-0.3, -0.25) is 9.59 Å². The van der Waals surface area contributed by atoms with Crippen LogP contribution in [0.4, 0.5) is 5.82 Å². The highest BCUT2D eigenvalue weighted by Crippen LogP contribution is 2.07. The van der Waals surface area contributed by atoms with Crippen LogP contribution in [0.25, 0.3) is 0 Å². The maximum absolute atomic E-state index is 12.3. The van der Waals surface area contributed by atoms with Crippen molar-refractivity contribution < 1.29 is 9.90 Å². The topological polar surface area (TPSA) is 84.2 Å². The minimum Gasteiger partial charge on any atom is -0.481 e. The van der Waals surface area contributed by atoms with Gasteiger partial charge in [0.15, 0.2) is 5.82 Å². The number of carboxylic acids is 1. The molecule has 1 heterocycles. The molecule has 2 N–H and O–H groups in total. The van der Waals surface area contributed by atoms with Crippen LogP contribution in [0.1, 0.15) is 12.0 Å². The third kappa shape index (κ3) is 4.60. The fourth-order valence-corrected chi connectivity index (χ4v) is 2.17. The molecule has 0 aliphatic rings. The molecule has 0 bridgehead atoms. The van der Waals surface area contributed by atoms with Gasteiger partial charge >= 0.3 is 5.97 Å². The summed E-state index contributed by atoms with van der Waals surface area (Å²) in [5.74, 6) is -0.874. The molecule has 7 heteroatoms. The second-order valence-electron chi connectivity index (χ2n) is 4.72. The Morgan fingerprint density at radius 3 is 2.73 bits per heavy atom. The van der Waals surface area contributed by atoms with Crippen molar-refractivity contribution in [1.29, 1.82) is 0 Å². The van der Waals surface area contributed by atoms with Gasteiger partial charge in [-0.2, -0.15) is 0 Å². The number of carbonyl (C=O) groups is 1. The summed E-state index contributed by atoms with van der Waals surface area (Å²) < 4.78 is 1.48. The highest BCUT2D eigenvalue weighted by atomic mass is 35.5. The summed E-state index contributed by atoms with van der Waals surface area (Å²) in [4.78, 5) is 26.7. The van der Waals surface area contributed by atoms with E-state index in [4.69, 9.17) is 16.7 Å². The second kappa shape index (κ2) is 7.61. The number of rotatable bonds is 7. The van der Waals surface area contributed by atoms with Crippen LogP contribution < -0.4 is 10.9 Å². The fraction of sp³-hybridized carbons (Fsp3) is 0.267. The van der Waals surface area contributed by atoms with Crippen molar-refractivity contribution in [1.82, 2.24) is 9.55 Å². The standard InChI is InChI=1S/C15H16ClN3O3/c16-12-10-19(9-7-11-4-2-1-3-5-11)15(22)14(18-12)17-8-6-13(20)21/h1-5,10H,6-9H2,(H,17,18)(H,20,21). The zero-order chi connectivity index (χ0) is 15.9. The monoisotopic (exact) mass is 321 g/mol. The molecule has 2 rings (SSSR count). The second-order valence-corrected chi connectivity index (χ2v) is 5.10. The third-order valence-electron chi connectivity index (χ3n) is 3.06. The number of aliphatic carboxylic acids is 1. The first-order valence-corrected chi connectivity index (χ1v) is 7.20. The van der Waals surface area contributed by atoms with E-state index >= 15 is 0 Å². The molecule has 0 saturated heterocycles. The molecule has 1 aromatic heterocycles. The van der Waals surface area contributed by atoms with Crippen LogP contribution >= 0.6 is 11.6 Å². The van der Waals surface area contributed by atoms with Gasteiger partial charge in [0.05, 0.1) is 6.42 Å². The average Bonchev–Trinajstić information content (AvgIpc) is 2.49. The lowest BCUT2D eigenvalue weighted by atomic mass is 10.1. The van der Waals surface area contributed by atoms with Crippen molar-refractivity contribution >= 4 is 23.4 Å². The molecule has 6 nitrogen and oxygen atoms in total. The van der Waals surface area contributed by atoms with Crippen LogP contribution in [-0.4, -0.2) is 27.2 Å². The molecule has 2 aromatic rings. The van der Waals surface area contributed by atoms with Crippen LogP contribution in [-0.2, 0) is 17.8 Å². The summed E-state index contributed by atoms with van der Waals surface area (Å²) in [5, 5.41) is 11.5. The van der Waals surface area contributed by atoms with E-state index < -0.39 is 5.97 Å². The van der Waals surface area contributed by atoms with E-state index in [-0.39, 0.29) is 29.5 Å². The highest BCUT2D eigenvalue weighted by molar-refractivity contribution is 6.29. The number of aromatic nitrogens is 2. The van der Waals surface area contributed by atoms with Crippen LogP contribution in [0, 0.1) is 0 Å². The van der Waals surface area contributed by atoms with Gasteiger partial charge in [0.25, 0.3) is 5.56 Å². The van der Waals surface area contributed by atoms with Gasteiger partial charge in [-0.15, -0.1) is 0 Å². The number of hydrogen-bond donors (Lipinski definition) is 2. The summed E-state index contributed by atoms with van der Waals surface area (Å²) >= 11 is 5.92. The molecular formula is C15H16ClN3O3. The Kier molecular flexibility index (Phi) is 5.55. The number of hydrogen-bond acceptors (Lipinski definition) is 4. The van der Waals surface area contributed by atoms with Crippen LogP contribution in [0.5, 0.6) is 0 Å². The summed E-state index contributed by atoms with van der Waals surface area (Å²) in [5.41, 5.74) is 0.799. The lowest BCUT2D eigenvalue weighted by Crippen LogP contribution is -2.26. The molecule has 0 unspecified atom stereocenters. The van der Waals surface area contributed by atoms with Crippen molar-refractivity contribution in [2.45, 2.75) is 19.4 Å². The number of nitrogens with zero attached hydrogens (tertiary/aromatic N) is 2. The van der Waals surface area contributed by atoms with Crippen LogP contribution in [0.2, 0.25) is 5.15 Å². The van der Waals surface area contributed by atoms with Crippen molar-refractivity contribution in [2.24, 2.45) is 0 Å². The number of halogens is 1. The van der Waals surface area contributed by atoms with Gasteiger partial charge in [0.2, 0.25) is 0 Å². The molecule has 116 valence electrons. The molecule has 0 spiro atoms. The van der Waals surface area contributed by atoms with Gasteiger partial charge in [-0.05, 0) is 12.0 Å². The van der Waals surface area contributed by atoms with Crippen molar-refractivity contribution in [2.75, 3.05) is 11.9 Å². The Morgan fingerprint density at radius 2 is 2.05 bits per heavy atom. The first kappa shape index (κ1) is 16.0. The van der Waals surface area contributed by atoms with Crippen molar-refractivity contribution in [3.63, 3.8) is 0 Å². The Hall–Kier alpha value is -2.34. The first-order chi connectivity index (χ1) is 10.6. The zero-order valence-corrected chi connectivity index (χ0v) is 12.6. The average molecular weight is 322 g/mol. The van der Waals surface area contributed by atoms with Gasteiger partial charge in [-0.1, -0.05) is 41.9 Å². The predicted octanol–water partition coefficient (Wildman–Crippen LogP) is 2.03. The maximum Gasteiger partial charge on any atom is 0.305 e. The number of anilines is 1. The smallest absolute Gasteiger partial charge is 0.305 e.